The fourth-order valence-electron chi connectivity index (χ4n) is 1.65. The van der Waals surface area contributed by atoms with Crippen LogP contribution >= 0.6 is 0 Å². The lowest BCUT2D eigenvalue weighted by Crippen LogP contribution is -2.27. The molecule has 0 aliphatic rings. The Hall–Kier alpha value is -1.15. The highest BCUT2D eigenvalue weighted by molar-refractivity contribution is 6.71. The van der Waals surface area contributed by atoms with Crippen LogP contribution in [0.1, 0.15) is 11.1 Å². The van der Waals surface area contributed by atoms with Gasteiger partial charge in [0.25, 0.3) is 0 Å². The molecule has 0 bridgehead atoms. The van der Waals surface area contributed by atoms with Crippen LogP contribution in [0.3, 0.4) is 0 Å². The summed E-state index contributed by atoms with van der Waals surface area (Å²) >= 11 is 0. The SMILES string of the molecule is C=CCc1ccc(CC=O)c([Si](C)C)c1. The van der Waals surface area contributed by atoms with Crippen LogP contribution in [0.25, 0.3) is 0 Å². The number of carbonyl (C=O) groups excluding carboxylic acids is 1. The second-order valence-electron chi connectivity index (χ2n) is 3.86. The summed E-state index contributed by atoms with van der Waals surface area (Å²) in [5.74, 6) is 0. The van der Waals surface area contributed by atoms with E-state index < -0.39 is 8.80 Å². The molecule has 2 heteroatoms. The second-order valence-corrected chi connectivity index (χ2v) is 6.39. The van der Waals surface area contributed by atoms with Crippen molar-refractivity contribution in [3.05, 3.63) is 42.0 Å². The highest BCUT2D eigenvalue weighted by Gasteiger charge is 2.08. The number of hydrogen-bond acceptors (Lipinski definition) is 1. The van der Waals surface area contributed by atoms with Gasteiger partial charge in [-0.2, -0.15) is 0 Å². The Labute approximate surface area is 93.4 Å². The second kappa shape index (κ2) is 5.66. The molecule has 0 fully saturated rings. The average molecular weight is 217 g/mol. The molecular weight excluding hydrogens is 200 g/mol. The Balaban J connectivity index is 3.07. The van der Waals surface area contributed by atoms with Crippen molar-refractivity contribution in [2.75, 3.05) is 0 Å². The molecular formula is C13H17OSi. The molecule has 1 aromatic carbocycles. The molecule has 0 amide bonds. The minimum Gasteiger partial charge on any atom is -0.303 e. The van der Waals surface area contributed by atoms with Gasteiger partial charge in [0.1, 0.15) is 6.29 Å². The molecule has 1 rings (SSSR count). The summed E-state index contributed by atoms with van der Waals surface area (Å²) in [6.45, 7) is 8.25. The van der Waals surface area contributed by atoms with Crippen molar-refractivity contribution in [1.29, 1.82) is 0 Å². The number of rotatable bonds is 5. The van der Waals surface area contributed by atoms with Crippen LogP contribution in [0.4, 0.5) is 0 Å². The van der Waals surface area contributed by atoms with Gasteiger partial charge in [-0.1, -0.05) is 42.6 Å². The fourth-order valence-corrected chi connectivity index (χ4v) is 2.95. The van der Waals surface area contributed by atoms with Gasteiger partial charge < -0.3 is 4.79 Å². The van der Waals surface area contributed by atoms with Gasteiger partial charge in [0, 0.05) is 6.42 Å². The van der Waals surface area contributed by atoms with E-state index >= 15 is 0 Å². The van der Waals surface area contributed by atoms with Crippen molar-refractivity contribution >= 4 is 20.3 Å². The summed E-state index contributed by atoms with van der Waals surface area (Å²) in [6.07, 6.45) is 4.34. The van der Waals surface area contributed by atoms with Crippen molar-refractivity contribution in [2.45, 2.75) is 25.9 Å². The molecule has 0 aliphatic heterocycles. The zero-order valence-corrected chi connectivity index (χ0v) is 10.4. The lowest BCUT2D eigenvalue weighted by molar-refractivity contribution is -0.107. The topological polar surface area (TPSA) is 17.1 Å². The maximum Gasteiger partial charge on any atom is 0.124 e. The molecule has 1 radical (unpaired) electrons. The number of carbonyl (C=O) groups is 1. The number of allylic oxidation sites excluding steroid dienone is 1. The first-order chi connectivity index (χ1) is 7.19. The summed E-state index contributed by atoms with van der Waals surface area (Å²) in [5, 5.41) is 1.38. The molecule has 0 aromatic heterocycles. The highest BCUT2D eigenvalue weighted by Crippen LogP contribution is 2.05. The lowest BCUT2D eigenvalue weighted by atomic mass is 10.1. The molecule has 0 saturated carbocycles. The quantitative estimate of drug-likeness (QED) is 0.419. The van der Waals surface area contributed by atoms with Crippen LogP contribution in [0.2, 0.25) is 13.1 Å². The van der Waals surface area contributed by atoms with E-state index in [0.717, 1.165) is 12.7 Å². The summed E-state index contributed by atoms with van der Waals surface area (Å²) < 4.78 is 0. The molecule has 0 saturated heterocycles. The third-order valence-electron chi connectivity index (χ3n) is 2.40. The number of benzene rings is 1. The third kappa shape index (κ3) is 3.17. The van der Waals surface area contributed by atoms with Crippen molar-refractivity contribution in [3.8, 4) is 0 Å². The Bertz CT molecular complexity index is 356. The van der Waals surface area contributed by atoms with Gasteiger partial charge in [-0.15, -0.1) is 6.58 Å². The number of hydrogen-bond donors (Lipinski definition) is 0. The van der Waals surface area contributed by atoms with E-state index in [2.05, 4.69) is 37.9 Å². The predicted octanol–water partition coefficient (Wildman–Crippen LogP) is 2.12. The Morgan fingerprint density at radius 2 is 2.07 bits per heavy atom. The van der Waals surface area contributed by atoms with Crippen LogP contribution in [-0.4, -0.2) is 15.1 Å². The Morgan fingerprint density at radius 1 is 1.33 bits per heavy atom. The zero-order valence-electron chi connectivity index (χ0n) is 9.42. The van der Waals surface area contributed by atoms with E-state index in [1.807, 2.05) is 6.08 Å². The van der Waals surface area contributed by atoms with Crippen molar-refractivity contribution in [1.82, 2.24) is 0 Å². The molecule has 0 atom stereocenters. The molecule has 79 valence electrons. The van der Waals surface area contributed by atoms with E-state index in [9.17, 15) is 4.79 Å². The monoisotopic (exact) mass is 217 g/mol. The predicted molar refractivity (Wildman–Crippen MR) is 67.2 cm³/mol. The fraction of sp³-hybridized carbons (Fsp3) is 0.308. The third-order valence-corrected chi connectivity index (χ3v) is 3.94. The van der Waals surface area contributed by atoms with Gasteiger partial charge in [0.2, 0.25) is 0 Å². The first-order valence-electron chi connectivity index (χ1n) is 5.16. The molecule has 0 unspecified atom stereocenters. The molecule has 0 heterocycles. The Morgan fingerprint density at radius 3 is 2.60 bits per heavy atom. The zero-order chi connectivity index (χ0) is 11.3. The van der Waals surface area contributed by atoms with Gasteiger partial charge in [0.05, 0.1) is 8.80 Å². The van der Waals surface area contributed by atoms with Crippen LogP contribution in [0.15, 0.2) is 30.9 Å². The average Bonchev–Trinajstić information content (AvgIpc) is 2.21. The molecule has 15 heavy (non-hydrogen) atoms. The van der Waals surface area contributed by atoms with Crippen molar-refractivity contribution in [2.24, 2.45) is 0 Å². The standard InChI is InChI=1S/C13H17OSi/c1-4-5-11-6-7-12(8-9-14)13(10-11)15(2)3/h4,6-7,9-10H,1,5,8H2,2-3H3. The summed E-state index contributed by atoms with van der Waals surface area (Å²) in [4.78, 5) is 10.6. The summed E-state index contributed by atoms with van der Waals surface area (Å²) in [6, 6.07) is 6.41. The maximum absolute atomic E-state index is 10.6. The number of aldehydes is 1. The van der Waals surface area contributed by atoms with Crippen molar-refractivity contribution in [3.63, 3.8) is 0 Å². The van der Waals surface area contributed by atoms with E-state index in [-0.39, 0.29) is 0 Å². The summed E-state index contributed by atoms with van der Waals surface area (Å²) in [5.41, 5.74) is 2.48. The van der Waals surface area contributed by atoms with E-state index in [1.54, 1.807) is 0 Å². The molecule has 1 nitrogen and oxygen atoms in total. The van der Waals surface area contributed by atoms with Gasteiger partial charge >= 0.3 is 0 Å². The maximum atomic E-state index is 10.6. The first kappa shape index (κ1) is 11.9. The molecule has 0 N–H and O–H groups in total. The van der Waals surface area contributed by atoms with Crippen LogP contribution in [0.5, 0.6) is 0 Å². The minimum atomic E-state index is -0.497. The van der Waals surface area contributed by atoms with Gasteiger partial charge in [-0.3, -0.25) is 0 Å². The highest BCUT2D eigenvalue weighted by atomic mass is 28.3. The normalized spacial score (nSPS) is 10.3. The van der Waals surface area contributed by atoms with E-state index in [0.29, 0.717) is 6.42 Å². The van der Waals surface area contributed by atoms with Gasteiger partial charge in [-0.25, -0.2) is 0 Å². The van der Waals surface area contributed by atoms with E-state index in [1.165, 1.54) is 16.3 Å². The van der Waals surface area contributed by atoms with Crippen LogP contribution < -0.4 is 5.19 Å². The van der Waals surface area contributed by atoms with Crippen LogP contribution in [-0.2, 0) is 17.6 Å². The first-order valence-corrected chi connectivity index (χ1v) is 7.66. The summed E-state index contributed by atoms with van der Waals surface area (Å²) in [7, 11) is -0.497. The molecule has 1 aromatic rings. The van der Waals surface area contributed by atoms with E-state index in [4.69, 9.17) is 0 Å². The van der Waals surface area contributed by atoms with Crippen LogP contribution in [0, 0.1) is 0 Å². The Kier molecular flexibility index (Phi) is 4.50. The molecule has 0 spiro atoms. The van der Waals surface area contributed by atoms with Gasteiger partial charge in [-0.05, 0) is 17.5 Å². The van der Waals surface area contributed by atoms with Gasteiger partial charge in [0.15, 0.2) is 0 Å². The smallest absolute Gasteiger partial charge is 0.124 e. The largest absolute Gasteiger partial charge is 0.303 e. The molecule has 0 aliphatic carbocycles. The minimum absolute atomic E-state index is 0.497. The van der Waals surface area contributed by atoms with Crippen molar-refractivity contribution < 1.29 is 4.79 Å². The lowest BCUT2D eigenvalue weighted by Gasteiger charge is -2.11.